The fraction of sp³-hybridized carbons (Fsp3) is 0.357. The summed E-state index contributed by atoms with van der Waals surface area (Å²) in [4.78, 5) is 11.8. The Balaban J connectivity index is 2.46. The molecule has 2 rings (SSSR count). The lowest BCUT2D eigenvalue weighted by Crippen LogP contribution is -2.25. The first-order valence-electron chi connectivity index (χ1n) is 6.02. The van der Waals surface area contributed by atoms with Gasteiger partial charge in [-0.15, -0.1) is 0 Å². The van der Waals surface area contributed by atoms with Gasteiger partial charge in [0.25, 0.3) is 5.56 Å². The minimum absolute atomic E-state index is 0.105. The molecule has 96 valence electrons. The summed E-state index contributed by atoms with van der Waals surface area (Å²) in [6.45, 7) is 6.10. The highest BCUT2D eigenvalue weighted by molar-refractivity contribution is 5.27. The summed E-state index contributed by atoms with van der Waals surface area (Å²) in [6, 6.07) is 6.64. The molecule has 0 saturated heterocycles. The Morgan fingerprint density at radius 2 is 2.00 bits per heavy atom. The number of aromatic nitrogens is 2. The molecule has 3 nitrogen and oxygen atoms in total. The van der Waals surface area contributed by atoms with E-state index in [2.05, 4.69) is 0 Å². The smallest absolute Gasteiger partial charge is 0.266 e. The van der Waals surface area contributed by atoms with E-state index < -0.39 is 0 Å². The summed E-state index contributed by atoms with van der Waals surface area (Å²) in [7, 11) is 0. The monoisotopic (exact) mass is 248 g/mol. The van der Waals surface area contributed by atoms with Crippen molar-refractivity contribution in [3.63, 3.8) is 0 Å². The van der Waals surface area contributed by atoms with Crippen molar-refractivity contribution in [3.8, 4) is 0 Å². The van der Waals surface area contributed by atoms with E-state index in [1.54, 1.807) is 16.9 Å². The number of benzene rings is 1. The predicted molar refractivity (Wildman–Crippen MR) is 69.3 cm³/mol. The highest BCUT2D eigenvalue weighted by Gasteiger charge is 2.11. The maximum atomic E-state index is 13.8. The molecule has 1 aromatic heterocycles. The van der Waals surface area contributed by atoms with E-state index in [9.17, 15) is 9.18 Å². The summed E-state index contributed by atoms with van der Waals surface area (Å²) >= 11 is 0. The molecule has 0 unspecified atom stereocenters. The molecule has 1 heterocycles. The van der Waals surface area contributed by atoms with Crippen molar-refractivity contribution in [2.24, 2.45) is 0 Å². The van der Waals surface area contributed by atoms with Gasteiger partial charge in [-0.25, -0.2) is 9.07 Å². The van der Waals surface area contributed by atoms with E-state index in [1.165, 1.54) is 12.1 Å². The van der Waals surface area contributed by atoms with Crippen molar-refractivity contribution in [1.82, 2.24) is 9.36 Å². The number of aryl methyl sites for hydroxylation is 1. The fourth-order valence-corrected chi connectivity index (χ4v) is 2.05. The second kappa shape index (κ2) is 4.80. The predicted octanol–water partition coefficient (Wildman–Crippen LogP) is 2.73. The summed E-state index contributed by atoms with van der Waals surface area (Å²) in [5.41, 5.74) is 1.32. The average Bonchev–Trinajstić information content (AvgIpc) is 2.66. The normalized spacial score (nSPS) is 11.2. The molecule has 0 amide bonds. The molecular weight excluding hydrogens is 231 g/mol. The van der Waals surface area contributed by atoms with Crippen molar-refractivity contribution >= 4 is 0 Å². The zero-order valence-corrected chi connectivity index (χ0v) is 10.9. The van der Waals surface area contributed by atoms with Crippen LogP contribution >= 0.6 is 0 Å². The molecule has 0 fully saturated rings. The van der Waals surface area contributed by atoms with E-state index in [4.69, 9.17) is 0 Å². The van der Waals surface area contributed by atoms with Gasteiger partial charge in [0.1, 0.15) is 5.82 Å². The Hall–Kier alpha value is -1.84. The van der Waals surface area contributed by atoms with E-state index >= 15 is 0 Å². The summed E-state index contributed by atoms with van der Waals surface area (Å²) < 4.78 is 17.2. The van der Waals surface area contributed by atoms with Crippen LogP contribution in [0.5, 0.6) is 0 Å². The summed E-state index contributed by atoms with van der Waals surface area (Å²) in [5, 5.41) is 0. The minimum atomic E-state index is -0.265. The molecule has 0 spiro atoms. The second-order valence-corrected chi connectivity index (χ2v) is 4.72. The van der Waals surface area contributed by atoms with Gasteiger partial charge in [-0.2, -0.15) is 0 Å². The van der Waals surface area contributed by atoms with E-state index in [-0.39, 0.29) is 24.0 Å². The Morgan fingerprint density at radius 3 is 2.61 bits per heavy atom. The molecule has 1 aromatic carbocycles. The van der Waals surface area contributed by atoms with Crippen LogP contribution in [0.4, 0.5) is 4.39 Å². The van der Waals surface area contributed by atoms with Crippen LogP contribution in [0.25, 0.3) is 0 Å². The summed E-state index contributed by atoms with van der Waals surface area (Å²) in [5.74, 6) is -0.265. The Bertz CT molecular complexity index is 590. The minimum Gasteiger partial charge on any atom is -0.287 e. The highest BCUT2D eigenvalue weighted by atomic mass is 19.1. The van der Waals surface area contributed by atoms with Crippen LogP contribution in [0.15, 0.2) is 35.3 Å². The van der Waals surface area contributed by atoms with E-state index in [0.717, 1.165) is 5.56 Å². The quantitative estimate of drug-likeness (QED) is 0.820. The van der Waals surface area contributed by atoms with Crippen LogP contribution in [0.2, 0.25) is 0 Å². The van der Waals surface area contributed by atoms with Crippen LogP contribution < -0.4 is 5.56 Å². The first kappa shape index (κ1) is 12.6. The molecule has 0 aliphatic heterocycles. The number of rotatable bonds is 3. The van der Waals surface area contributed by atoms with Gasteiger partial charge in [0.2, 0.25) is 0 Å². The number of hydrogen-bond donors (Lipinski definition) is 0. The Labute approximate surface area is 105 Å². The second-order valence-electron chi connectivity index (χ2n) is 4.72. The average molecular weight is 248 g/mol. The first-order valence-corrected chi connectivity index (χ1v) is 6.02. The van der Waals surface area contributed by atoms with Gasteiger partial charge >= 0.3 is 0 Å². The molecule has 0 bridgehead atoms. The SMILES string of the molecule is Cc1cccc(F)c1Cn1c(=O)ccn1C(C)C. The van der Waals surface area contributed by atoms with Gasteiger partial charge in [0.15, 0.2) is 0 Å². The molecule has 0 aliphatic rings. The van der Waals surface area contributed by atoms with Crippen LogP contribution in [0.3, 0.4) is 0 Å². The largest absolute Gasteiger partial charge is 0.287 e. The van der Waals surface area contributed by atoms with Crippen LogP contribution in [-0.4, -0.2) is 9.36 Å². The van der Waals surface area contributed by atoms with Gasteiger partial charge in [0, 0.05) is 23.9 Å². The third kappa shape index (κ3) is 2.23. The molecule has 2 aromatic rings. The van der Waals surface area contributed by atoms with Gasteiger partial charge in [-0.05, 0) is 32.4 Å². The van der Waals surface area contributed by atoms with Gasteiger partial charge in [-0.1, -0.05) is 12.1 Å². The highest BCUT2D eigenvalue weighted by Crippen LogP contribution is 2.14. The van der Waals surface area contributed by atoms with E-state index in [1.807, 2.05) is 31.5 Å². The molecular formula is C14H17FN2O. The molecule has 0 atom stereocenters. The lowest BCUT2D eigenvalue weighted by molar-refractivity contribution is 0.416. The molecule has 0 N–H and O–H groups in total. The number of nitrogens with zero attached hydrogens (tertiary/aromatic N) is 2. The molecule has 0 aliphatic carbocycles. The number of halogens is 1. The fourth-order valence-electron chi connectivity index (χ4n) is 2.05. The Kier molecular flexibility index (Phi) is 3.36. The molecule has 18 heavy (non-hydrogen) atoms. The zero-order chi connectivity index (χ0) is 13.3. The molecule has 0 radical (unpaired) electrons. The first-order chi connectivity index (χ1) is 8.50. The summed E-state index contributed by atoms with van der Waals surface area (Å²) in [6.07, 6.45) is 1.74. The standard InChI is InChI=1S/C14H17FN2O/c1-10(2)16-8-7-14(18)17(16)9-12-11(3)5-4-6-13(12)15/h4-8,10H,9H2,1-3H3. The third-order valence-corrected chi connectivity index (χ3v) is 3.09. The van der Waals surface area contributed by atoms with Crippen molar-refractivity contribution in [1.29, 1.82) is 0 Å². The maximum Gasteiger partial charge on any atom is 0.266 e. The van der Waals surface area contributed by atoms with Gasteiger partial charge in [0.05, 0.1) is 6.54 Å². The van der Waals surface area contributed by atoms with Gasteiger partial charge in [-0.3, -0.25) is 9.48 Å². The van der Waals surface area contributed by atoms with Crippen molar-refractivity contribution in [3.05, 3.63) is 57.8 Å². The van der Waals surface area contributed by atoms with Crippen molar-refractivity contribution in [2.45, 2.75) is 33.4 Å². The van der Waals surface area contributed by atoms with Crippen molar-refractivity contribution < 1.29 is 4.39 Å². The van der Waals surface area contributed by atoms with Crippen molar-refractivity contribution in [2.75, 3.05) is 0 Å². The zero-order valence-electron chi connectivity index (χ0n) is 10.9. The Morgan fingerprint density at radius 1 is 1.28 bits per heavy atom. The maximum absolute atomic E-state index is 13.8. The molecule has 4 heteroatoms. The van der Waals surface area contributed by atoms with Crippen LogP contribution in [-0.2, 0) is 6.54 Å². The number of hydrogen-bond acceptors (Lipinski definition) is 1. The molecule has 0 saturated carbocycles. The lowest BCUT2D eigenvalue weighted by Gasteiger charge is -2.16. The topological polar surface area (TPSA) is 26.9 Å². The van der Waals surface area contributed by atoms with Gasteiger partial charge < -0.3 is 0 Å². The lowest BCUT2D eigenvalue weighted by atomic mass is 10.1. The van der Waals surface area contributed by atoms with E-state index in [0.29, 0.717) is 5.56 Å². The third-order valence-electron chi connectivity index (χ3n) is 3.09. The van der Waals surface area contributed by atoms with Crippen LogP contribution in [0, 0.1) is 12.7 Å². The van der Waals surface area contributed by atoms with Crippen LogP contribution in [0.1, 0.15) is 31.0 Å².